The summed E-state index contributed by atoms with van der Waals surface area (Å²) in [7, 11) is 0. The molecule has 3 heteroatoms. The van der Waals surface area contributed by atoms with Crippen LogP contribution < -0.4 is 0 Å². The van der Waals surface area contributed by atoms with Crippen LogP contribution in [-0.4, -0.2) is 35.1 Å². The number of rotatable bonds is 3. The van der Waals surface area contributed by atoms with Gasteiger partial charge >= 0.3 is 5.97 Å². The van der Waals surface area contributed by atoms with E-state index in [9.17, 15) is 4.79 Å². The molecule has 1 N–H and O–H groups in total. The molecule has 19 heavy (non-hydrogen) atoms. The molecular weight excluding hydrogens is 238 g/mol. The molecule has 0 aromatic carbocycles. The second-order valence-electron chi connectivity index (χ2n) is 7.62. The molecule has 1 heterocycles. The summed E-state index contributed by atoms with van der Waals surface area (Å²) in [6.45, 7) is 9.20. The standard InChI is InChI=1S/C16H29NO2/c1-16(2,3)13-4-6-14(7-5-13)17-9-8-12(11-17)10-15(18)19/h12-14H,4-11H2,1-3H3,(H,18,19). The van der Waals surface area contributed by atoms with E-state index in [4.69, 9.17) is 5.11 Å². The Bertz CT molecular complexity index is 313. The Kier molecular flexibility index (Phi) is 4.54. The molecule has 110 valence electrons. The van der Waals surface area contributed by atoms with Gasteiger partial charge in [-0.2, -0.15) is 0 Å². The molecule has 0 bridgehead atoms. The summed E-state index contributed by atoms with van der Waals surface area (Å²) in [5.74, 6) is 0.613. The quantitative estimate of drug-likeness (QED) is 0.852. The lowest BCUT2D eigenvalue weighted by Gasteiger charge is -2.40. The zero-order chi connectivity index (χ0) is 14.0. The van der Waals surface area contributed by atoms with Gasteiger partial charge in [-0.25, -0.2) is 0 Å². The topological polar surface area (TPSA) is 40.5 Å². The van der Waals surface area contributed by atoms with Crippen LogP contribution in [0.4, 0.5) is 0 Å². The van der Waals surface area contributed by atoms with Crippen LogP contribution >= 0.6 is 0 Å². The SMILES string of the molecule is CC(C)(C)C1CCC(N2CCC(CC(=O)O)C2)CC1. The molecule has 2 aliphatic rings. The largest absolute Gasteiger partial charge is 0.481 e. The monoisotopic (exact) mass is 267 g/mol. The van der Waals surface area contributed by atoms with Gasteiger partial charge in [-0.15, -0.1) is 0 Å². The van der Waals surface area contributed by atoms with Gasteiger partial charge in [-0.3, -0.25) is 4.79 Å². The van der Waals surface area contributed by atoms with Crippen molar-refractivity contribution in [1.82, 2.24) is 4.90 Å². The molecule has 2 fully saturated rings. The summed E-state index contributed by atoms with van der Waals surface area (Å²) in [5.41, 5.74) is 0.446. The molecule has 3 nitrogen and oxygen atoms in total. The average molecular weight is 267 g/mol. The summed E-state index contributed by atoms with van der Waals surface area (Å²) in [6.07, 6.45) is 6.73. The van der Waals surface area contributed by atoms with Gasteiger partial charge in [0.25, 0.3) is 0 Å². The number of carbonyl (C=O) groups is 1. The van der Waals surface area contributed by atoms with Crippen molar-refractivity contribution < 1.29 is 9.90 Å². The zero-order valence-corrected chi connectivity index (χ0v) is 12.7. The second-order valence-corrected chi connectivity index (χ2v) is 7.62. The third-order valence-electron chi connectivity index (χ3n) is 5.22. The molecule has 2 rings (SSSR count). The zero-order valence-electron chi connectivity index (χ0n) is 12.7. The highest BCUT2D eigenvalue weighted by Gasteiger charge is 2.34. The fourth-order valence-corrected chi connectivity index (χ4v) is 3.91. The van der Waals surface area contributed by atoms with Crippen molar-refractivity contribution >= 4 is 5.97 Å². The summed E-state index contributed by atoms with van der Waals surface area (Å²) in [5, 5.41) is 8.88. The maximum Gasteiger partial charge on any atom is 0.303 e. The van der Waals surface area contributed by atoms with Crippen molar-refractivity contribution in [2.75, 3.05) is 13.1 Å². The highest BCUT2D eigenvalue weighted by molar-refractivity contribution is 5.67. The van der Waals surface area contributed by atoms with E-state index in [0.29, 0.717) is 17.8 Å². The van der Waals surface area contributed by atoms with Crippen molar-refractivity contribution in [2.24, 2.45) is 17.3 Å². The lowest BCUT2D eigenvalue weighted by molar-refractivity contribution is -0.138. The fraction of sp³-hybridized carbons (Fsp3) is 0.938. The van der Waals surface area contributed by atoms with Crippen molar-refractivity contribution in [3.63, 3.8) is 0 Å². The van der Waals surface area contributed by atoms with E-state index in [1.54, 1.807) is 0 Å². The van der Waals surface area contributed by atoms with Crippen LogP contribution in [0.3, 0.4) is 0 Å². The summed E-state index contributed by atoms with van der Waals surface area (Å²) in [4.78, 5) is 13.3. The number of nitrogens with zero attached hydrogens (tertiary/aromatic N) is 1. The lowest BCUT2D eigenvalue weighted by Crippen LogP contribution is -2.38. The molecular formula is C16H29NO2. The first-order valence-corrected chi connectivity index (χ1v) is 7.82. The predicted molar refractivity (Wildman–Crippen MR) is 77.1 cm³/mol. The number of likely N-dealkylation sites (tertiary alicyclic amines) is 1. The number of carboxylic acid groups (broad SMARTS) is 1. The molecule has 0 amide bonds. The lowest BCUT2D eigenvalue weighted by atomic mass is 9.71. The van der Waals surface area contributed by atoms with E-state index in [0.717, 1.165) is 31.5 Å². The van der Waals surface area contributed by atoms with Crippen molar-refractivity contribution in [3.8, 4) is 0 Å². The van der Waals surface area contributed by atoms with E-state index in [1.807, 2.05) is 0 Å². The van der Waals surface area contributed by atoms with Crippen LogP contribution in [-0.2, 0) is 4.79 Å². The van der Waals surface area contributed by atoms with Gasteiger partial charge in [0.05, 0.1) is 0 Å². The number of hydrogen-bond donors (Lipinski definition) is 1. The summed E-state index contributed by atoms with van der Waals surface area (Å²) in [6, 6.07) is 0.720. The van der Waals surface area contributed by atoms with E-state index >= 15 is 0 Å². The Morgan fingerprint density at radius 2 is 1.79 bits per heavy atom. The molecule has 0 aromatic heterocycles. The van der Waals surface area contributed by atoms with Gasteiger partial charge in [0.1, 0.15) is 0 Å². The van der Waals surface area contributed by atoms with Crippen LogP contribution in [0.2, 0.25) is 0 Å². The highest BCUT2D eigenvalue weighted by Crippen LogP contribution is 2.40. The van der Waals surface area contributed by atoms with Crippen LogP contribution in [0.15, 0.2) is 0 Å². The Labute approximate surface area is 117 Å². The summed E-state index contributed by atoms with van der Waals surface area (Å²) >= 11 is 0. The fourth-order valence-electron chi connectivity index (χ4n) is 3.91. The van der Waals surface area contributed by atoms with E-state index < -0.39 is 5.97 Å². The highest BCUT2D eigenvalue weighted by atomic mass is 16.4. The molecule has 0 radical (unpaired) electrons. The van der Waals surface area contributed by atoms with Gasteiger partial charge in [0.15, 0.2) is 0 Å². The molecule has 1 saturated carbocycles. The van der Waals surface area contributed by atoms with E-state index in [2.05, 4.69) is 25.7 Å². The van der Waals surface area contributed by atoms with Crippen LogP contribution in [0.25, 0.3) is 0 Å². The van der Waals surface area contributed by atoms with Crippen LogP contribution in [0.1, 0.15) is 59.3 Å². The first-order chi connectivity index (χ1) is 8.86. The van der Waals surface area contributed by atoms with Gasteiger partial charge in [-0.05, 0) is 55.9 Å². The van der Waals surface area contributed by atoms with Crippen LogP contribution in [0, 0.1) is 17.3 Å². The minimum Gasteiger partial charge on any atom is -0.481 e. The average Bonchev–Trinajstić information content (AvgIpc) is 2.75. The van der Waals surface area contributed by atoms with Gasteiger partial charge in [0.2, 0.25) is 0 Å². The Hall–Kier alpha value is -0.570. The smallest absolute Gasteiger partial charge is 0.303 e. The second kappa shape index (κ2) is 5.82. The third-order valence-corrected chi connectivity index (χ3v) is 5.22. The maximum absolute atomic E-state index is 10.8. The Balaban J connectivity index is 1.78. The molecule has 1 aliphatic heterocycles. The first-order valence-electron chi connectivity index (χ1n) is 7.82. The Morgan fingerprint density at radius 3 is 2.32 bits per heavy atom. The first kappa shape index (κ1) is 14.8. The number of carboxylic acids is 1. The normalized spacial score (nSPS) is 33.5. The predicted octanol–water partition coefficient (Wildman–Crippen LogP) is 3.39. The third kappa shape index (κ3) is 3.95. The minimum atomic E-state index is -0.636. The molecule has 1 aliphatic carbocycles. The molecule has 1 unspecified atom stereocenters. The number of hydrogen-bond acceptors (Lipinski definition) is 2. The van der Waals surface area contributed by atoms with Crippen molar-refractivity contribution in [1.29, 1.82) is 0 Å². The molecule has 0 spiro atoms. The van der Waals surface area contributed by atoms with Crippen molar-refractivity contribution in [2.45, 2.75) is 65.3 Å². The number of aliphatic carboxylic acids is 1. The van der Waals surface area contributed by atoms with E-state index in [1.165, 1.54) is 25.7 Å². The van der Waals surface area contributed by atoms with E-state index in [-0.39, 0.29) is 0 Å². The molecule has 1 atom stereocenters. The van der Waals surface area contributed by atoms with Gasteiger partial charge in [0, 0.05) is 19.0 Å². The van der Waals surface area contributed by atoms with Gasteiger partial charge in [-0.1, -0.05) is 20.8 Å². The summed E-state index contributed by atoms with van der Waals surface area (Å²) < 4.78 is 0. The minimum absolute atomic E-state index is 0.355. The maximum atomic E-state index is 10.8. The van der Waals surface area contributed by atoms with Gasteiger partial charge < -0.3 is 10.0 Å². The molecule has 1 saturated heterocycles. The molecule has 0 aromatic rings. The van der Waals surface area contributed by atoms with Crippen molar-refractivity contribution in [3.05, 3.63) is 0 Å². The van der Waals surface area contributed by atoms with Crippen LogP contribution in [0.5, 0.6) is 0 Å². The Morgan fingerprint density at radius 1 is 1.16 bits per heavy atom.